The summed E-state index contributed by atoms with van der Waals surface area (Å²) in [5.74, 6) is -1.23. The van der Waals surface area contributed by atoms with E-state index in [-0.39, 0.29) is 23.0 Å². The maximum Gasteiger partial charge on any atom is 0.302 e. The summed E-state index contributed by atoms with van der Waals surface area (Å²) in [6.45, 7) is 2.56. The summed E-state index contributed by atoms with van der Waals surface area (Å²) in [4.78, 5) is 35.3. The topological polar surface area (TPSA) is 116 Å². The second kappa shape index (κ2) is 8.98. The minimum absolute atomic E-state index is 0.0323. The van der Waals surface area contributed by atoms with E-state index in [1.807, 2.05) is 25.1 Å². The fraction of sp³-hybridized carbons (Fsp3) is 0.148. The van der Waals surface area contributed by atoms with E-state index in [2.05, 4.69) is 9.97 Å². The molecule has 3 N–H and O–H groups in total. The molecule has 1 fully saturated rings. The van der Waals surface area contributed by atoms with Crippen molar-refractivity contribution in [1.82, 2.24) is 9.97 Å². The van der Waals surface area contributed by atoms with E-state index in [0.29, 0.717) is 34.5 Å². The fourth-order valence-corrected chi connectivity index (χ4v) is 4.20. The highest BCUT2D eigenvalue weighted by molar-refractivity contribution is 6.51. The number of aliphatic hydroxyl groups excluding tert-OH is 1. The van der Waals surface area contributed by atoms with Crippen LogP contribution in [0.15, 0.2) is 78.4 Å². The van der Waals surface area contributed by atoms with Gasteiger partial charge in [0.1, 0.15) is 17.3 Å². The predicted octanol–water partition coefficient (Wildman–Crippen LogP) is 4.68. The van der Waals surface area contributed by atoms with E-state index >= 15 is 0 Å². The molecular formula is C27H23N3O5. The Hall–Kier alpha value is -4.59. The molecule has 0 radical (unpaired) electrons. The van der Waals surface area contributed by atoms with Gasteiger partial charge in [-0.15, -0.1) is 0 Å². The maximum atomic E-state index is 13.3. The standard InChI is InChI=1S/C27H23N3O5/c1-2-14-35-19-12-10-16(11-13-19)24(32)22-23(17-6-5-7-18(31)15-17)30(26(34)25(22)33)27-28-20-8-3-4-9-21(20)29-27/h3-13,15,23,31-32H,2,14H2,1H3,(H,28,29)/b24-22+. The molecule has 1 aliphatic heterocycles. The second-order valence-corrected chi connectivity index (χ2v) is 8.21. The number of nitrogens with one attached hydrogen (secondary N) is 1. The molecule has 3 aromatic carbocycles. The summed E-state index contributed by atoms with van der Waals surface area (Å²) in [6, 6.07) is 19.2. The van der Waals surface area contributed by atoms with Crippen molar-refractivity contribution in [2.45, 2.75) is 19.4 Å². The van der Waals surface area contributed by atoms with Crippen LogP contribution in [-0.2, 0) is 9.59 Å². The lowest BCUT2D eigenvalue weighted by molar-refractivity contribution is -0.132. The number of fused-ring (bicyclic) bond motifs is 1. The van der Waals surface area contributed by atoms with E-state index in [4.69, 9.17) is 4.74 Å². The lowest BCUT2D eigenvalue weighted by Gasteiger charge is -2.23. The van der Waals surface area contributed by atoms with Crippen molar-refractivity contribution in [1.29, 1.82) is 0 Å². The highest BCUT2D eigenvalue weighted by Crippen LogP contribution is 2.42. The number of Topliss-reactive ketones (excluding diaryl/α,β-unsaturated/α-hetero) is 1. The number of amides is 1. The number of aliphatic hydroxyl groups is 1. The van der Waals surface area contributed by atoms with Gasteiger partial charge in [-0.05, 0) is 60.5 Å². The number of para-hydroxylation sites is 2. The molecule has 1 unspecified atom stereocenters. The Bertz CT molecular complexity index is 1420. The third kappa shape index (κ3) is 3.99. The number of H-pyrrole nitrogens is 1. The van der Waals surface area contributed by atoms with E-state index in [0.717, 1.165) is 6.42 Å². The molecule has 0 bridgehead atoms. The Balaban J connectivity index is 1.65. The number of benzene rings is 3. The fourth-order valence-electron chi connectivity index (χ4n) is 4.20. The van der Waals surface area contributed by atoms with Crippen LogP contribution in [0.5, 0.6) is 11.5 Å². The number of aromatic amines is 1. The van der Waals surface area contributed by atoms with Crippen LogP contribution < -0.4 is 9.64 Å². The Labute approximate surface area is 201 Å². The van der Waals surface area contributed by atoms with Crippen LogP contribution in [0.1, 0.15) is 30.5 Å². The zero-order valence-corrected chi connectivity index (χ0v) is 18.9. The first kappa shape index (κ1) is 22.2. The quantitative estimate of drug-likeness (QED) is 0.214. The number of hydrogen-bond acceptors (Lipinski definition) is 6. The van der Waals surface area contributed by atoms with Gasteiger partial charge in [0.25, 0.3) is 5.78 Å². The van der Waals surface area contributed by atoms with Crippen molar-refractivity contribution < 1.29 is 24.5 Å². The van der Waals surface area contributed by atoms with Crippen molar-refractivity contribution in [2.24, 2.45) is 0 Å². The maximum absolute atomic E-state index is 13.3. The third-order valence-electron chi connectivity index (χ3n) is 5.84. The number of ketones is 1. The molecule has 1 aliphatic rings. The van der Waals surface area contributed by atoms with E-state index in [1.54, 1.807) is 42.5 Å². The Morgan fingerprint density at radius 2 is 1.83 bits per heavy atom. The number of imidazole rings is 1. The number of carbonyl (C=O) groups is 2. The van der Waals surface area contributed by atoms with Gasteiger partial charge in [-0.2, -0.15) is 0 Å². The Morgan fingerprint density at radius 1 is 1.06 bits per heavy atom. The third-order valence-corrected chi connectivity index (χ3v) is 5.84. The van der Waals surface area contributed by atoms with Crippen LogP contribution in [0.4, 0.5) is 5.95 Å². The summed E-state index contributed by atoms with van der Waals surface area (Å²) in [5.41, 5.74) is 2.04. The van der Waals surface area contributed by atoms with E-state index in [1.165, 1.54) is 17.0 Å². The van der Waals surface area contributed by atoms with Gasteiger partial charge < -0.3 is 19.9 Å². The smallest absolute Gasteiger partial charge is 0.302 e. The average Bonchev–Trinajstić information content (AvgIpc) is 3.41. The molecule has 0 aliphatic carbocycles. The number of aromatic nitrogens is 2. The summed E-state index contributed by atoms with van der Waals surface area (Å²) in [7, 11) is 0. The first-order chi connectivity index (χ1) is 17.0. The Morgan fingerprint density at radius 3 is 2.54 bits per heavy atom. The van der Waals surface area contributed by atoms with Gasteiger partial charge in [0.15, 0.2) is 0 Å². The largest absolute Gasteiger partial charge is 0.508 e. The molecule has 8 nitrogen and oxygen atoms in total. The van der Waals surface area contributed by atoms with Crippen molar-refractivity contribution >= 4 is 34.4 Å². The molecule has 2 heterocycles. The number of nitrogens with zero attached hydrogens (tertiary/aromatic N) is 2. The monoisotopic (exact) mass is 469 g/mol. The van der Waals surface area contributed by atoms with Crippen LogP contribution in [0.25, 0.3) is 16.8 Å². The van der Waals surface area contributed by atoms with Crippen molar-refractivity contribution in [2.75, 3.05) is 11.5 Å². The molecule has 1 aromatic heterocycles. The highest BCUT2D eigenvalue weighted by atomic mass is 16.5. The molecule has 0 saturated carbocycles. The van der Waals surface area contributed by atoms with Crippen LogP contribution in [0.2, 0.25) is 0 Å². The summed E-state index contributed by atoms with van der Waals surface area (Å²) >= 11 is 0. The molecule has 5 rings (SSSR count). The molecular weight excluding hydrogens is 446 g/mol. The van der Waals surface area contributed by atoms with Crippen LogP contribution in [-0.4, -0.2) is 38.5 Å². The van der Waals surface area contributed by atoms with Crippen LogP contribution in [0.3, 0.4) is 0 Å². The molecule has 1 atom stereocenters. The van der Waals surface area contributed by atoms with Gasteiger partial charge in [0.05, 0.1) is 29.3 Å². The number of phenolic OH excluding ortho intramolecular Hbond substituents is 1. The average molecular weight is 469 g/mol. The summed E-state index contributed by atoms with van der Waals surface area (Å²) < 4.78 is 5.59. The van der Waals surface area contributed by atoms with E-state index < -0.39 is 17.7 Å². The number of aromatic hydroxyl groups is 1. The zero-order chi connectivity index (χ0) is 24.5. The molecule has 35 heavy (non-hydrogen) atoms. The lowest BCUT2D eigenvalue weighted by Crippen LogP contribution is -2.30. The van der Waals surface area contributed by atoms with Crippen LogP contribution >= 0.6 is 0 Å². The number of ether oxygens (including phenoxy) is 1. The Kier molecular flexibility index (Phi) is 5.70. The minimum Gasteiger partial charge on any atom is -0.508 e. The van der Waals surface area contributed by atoms with Crippen molar-refractivity contribution in [3.63, 3.8) is 0 Å². The van der Waals surface area contributed by atoms with Gasteiger partial charge in [-0.3, -0.25) is 14.5 Å². The highest BCUT2D eigenvalue weighted by Gasteiger charge is 2.48. The second-order valence-electron chi connectivity index (χ2n) is 8.21. The van der Waals surface area contributed by atoms with Crippen LogP contribution in [0, 0.1) is 0 Å². The molecule has 4 aromatic rings. The number of carbonyl (C=O) groups excluding carboxylic acids is 2. The van der Waals surface area contributed by atoms with E-state index in [9.17, 15) is 19.8 Å². The summed E-state index contributed by atoms with van der Waals surface area (Å²) in [5, 5.41) is 21.3. The van der Waals surface area contributed by atoms with Crippen molar-refractivity contribution in [3.05, 3.63) is 89.5 Å². The number of anilines is 1. The SMILES string of the molecule is CCCOc1ccc(/C(O)=C2\C(=O)C(=O)N(c3nc4ccccc4[nH]3)C2c2cccc(O)c2)cc1. The first-order valence-electron chi connectivity index (χ1n) is 11.3. The molecule has 0 spiro atoms. The lowest BCUT2D eigenvalue weighted by atomic mass is 9.95. The van der Waals surface area contributed by atoms with Crippen molar-refractivity contribution in [3.8, 4) is 11.5 Å². The zero-order valence-electron chi connectivity index (χ0n) is 18.9. The first-order valence-corrected chi connectivity index (χ1v) is 11.3. The number of rotatable bonds is 6. The molecule has 176 valence electrons. The normalized spacial score (nSPS) is 17.3. The van der Waals surface area contributed by atoms with Gasteiger partial charge >= 0.3 is 5.91 Å². The molecule has 8 heteroatoms. The molecule has 1 saturated heterocycles. The van der Waals surface area contributed by atoms with Gasteiger partial charge in [-0.1, -0.05) is 31.2 Å². The summed E-state index contributed by atoms with van der Waals surface area (Å²) in [6.07, 6.45) is 0.858. The van der Waals surface area contributed by atoms with Gasteiger partial charge in [0.2, 0.25) is 5.95 Å². The molecule has 1 amide bonds. The number of hydrogen-bond donors (Lipinski definition) is 3. The minimum atomic E-state index is -1.00. The van der Waals surface area contributed by atoms with Gasteiger partial charge in [0, 0.05) is 5.56 Å². The number of phenols is 1. The predicted molar refractivity (Wildman–Crippen MR) is 131 cm³/mol. The van der Waals surface area contributed by atoms with Gasteiger partial charge in [-0.25, -0.2) is 4.98 Å².